The maximum atomic E-state index is 12.2. The van der Waals surface area contributed by atoms with E-state index >= 15 is 0 Å². The molecule has 0 unspecified atom stereocenters. The highest BCUT2D eigenvalue weighted by Crippen LogP contribution is 2.27. The van der Waals surface area contributed by atoms with Gasteiger partial charge in [-0.15, -0.1) is 23.1 Å². The number of anilines is 2. The molecule has 2 amide bonds. The highest BCUT2D eigenvalue weighted by Gasteiger charge is 2.09. The first-order chi connectivity index (χ1) is 13.5. The first kappa shape index (κ1) is 19.9. The summed E-state index contributed by atoms with van der Waals surface area (Å²) in [6, 6.07) is 15.0. The Kier molecular flexibility index (Phi) is 6.67. The average Bonchev–Trinajstić information content (AvgIpc) is 3.15. The number of thiazole rings is 1. The van der Waals surface area contributed by atoms with Gasteiger partial charge in [0.15, 0.2) is 5.13 Å². The van der Waals surface area contributed by atoms with Gasteiger partial charge in [-0.2, -0.15) is 0 Å². The Morgan fingerprint density at radius 3 is 2.43 bits per heavy atom. The van der Waals surface area contributed by atoms with Crippen LogP contribution in [0.1, 0.15) is 6.92 Å². The number of hydrogen-bond acceptors (Lipinski definition) is 6. The summed E-state index contributed by atoms with van der Waals surface area (Å²) in [5.74, 6) is 0.864. The lowest BCUT2D eigenvalue weighted by Crippen LogP contribution is -2.13. The minimum Gasteiger partial charge on any atom is -0.497 e. The molecule has 3 aromatic rings. The van der Waals surface area contributed by atoms with Crippen LogP contribution in [0.5, 0.6) is 5.75 Å². The van der Waals surface area contributed by atoms with Crippen molar-refractivity contribution in [3.8, 4) is 17.0 Å². The maximum absolute atomic E-state index is 12.2. The van der Waals surface area contributed by atoms with Crippen molar-refractivity contribution in [1.82, 2.24) is 4.98 Å². The van der Waals surface area contributed by atoms with Crippen LogP contribution in [-0.2, 0) is 9.59 Å². The third kappa shape index (κ3) is 5.58. The van der Waals surface area contributed by atoms with Gasteiger partial charge in [0.2, 0.25) is 11.8 Å². The van der Waals surface area contributed by atoms with E-state index in [2.05, 4.69) is 15.6 Å². The zero-order valence-electron chi connectivity index (χ0n) is 15.4. The van der Waals surface area contributed by atoms with Crippen LogP contribution >= 0.6 is 23.1 Å². The normalized spacial score (nSPS) is 10.4. The largest absolute Gasteiger partial charge is 0.497 e. The third-order valence-electron chi connectivity index (χ3n) is 3.68. The monoisotopic (exact) mass is 413 g/mol. The van der Waals surface area contributed by atoms with Gasteiger partial charge in [-0.05, 0) is 36.4 Å². The first-order valence-corrected chi connectivity index (χ1v) is 10.3. The first-order valence-electron chi connectivity index (χ1n) is 8.44. The van der Waals surface area contributed by atoms with E-state index in [1.54, 1.807) is 7.11 Å². The summed E-state index contributed by atoms with van der Waals surface area (Å²) in [6.07, 6.45) is 0. The van der Waals surface area contributed by atoms with E-state index in [-0.39, 0.29) is 11.8 Å². The highest BCUT2D eigenvalue weighted by atomic mass is 32.2. The molecule has 0 bridgehead atoms. The molecule has 0 atom stereocenters. The van der Waals surface area contributed by atoms with Gasteiger partial charge in [-0.1, -0.05) is 12.1 Å². The molecule has 28 heavy (non-hydrogen) atoms. The van der Waals surface area contributed by atoms with E-state index in [1.165, 1.54) is 30.0 Å². The number of carbonyl (C=O) groups is 2. The van der Waals surface area contributed by atoms with Crippen molar-refractivity contribution in [3.63, 3.8) is 0 Å². The Hall–Kier alpha value is -2.84. The van der Waals surface area contributed by atoms with Crippen LogP contribution in [0.4, 0.5) is 10.8 Å². The number of amides is 2. The van der Waals surface area contributed by atoms with Crippen LogP contribution in [0.2, 0.25) is 0 Å². The minimum atomic E-state index is -0.112. The molecule has 6 nitrogen and oxygen atoms in total. The van der Waals surface area contributed by atoms with Crippen LogP contribution in [0, 0.1) is 0 Å². The number of nitrogens with one attached hydrogen (secondary N) is 2. The number of nitrogens with zero attached hydrogens (tertiary/aromatic N) is 1. The zero-order valence-corrected chi connectivity index (χ0v) is 17.0. The molecule has 2 aromatic carbocycles. The molecular formula is C20H19N3O3S2. The SMILES string of the molecule is COc1ccc(SCC(=O)Nc2nc(-c3ccc(NC(C)=O)cc3)cs2)cc1. The lowest BCUT2D eigenvalue weighted by atomic mass is 10.1. The predicted molar refractivity (Wildman–Crippen MR) is 114 cm³/mol. The van der Waals surface area contributed by atoms with Crippen molar-refractivity contribution < 1.29 is 14.3 Å². The van der Waals surface area contributed by atoms with Crippen LogP contribution in [-0.4, -0.2) is 29.7 Å². The summed E-state index contributed by atoms with van der Waals surface area (Å²) in [4.78, 5) is 28.7. The molecule has 0 saturated heterocycles. The van der Waals surface area contributed by atoms with Crippen molar-refractivity contribution in [1.29, 1.82) is 0 Å². The fourth-order valence-electron chi connectivity index (χ4n) is 2.37. The summed E-state index contributed by atoms with van der Waals surface area (Å²) >= 11 is 2.83. The second kappa shape index (κ2) is 9.38. The van der Waals surface area contributed by atoms with Gasteiger partial charge in [0.25, 0.3) is 0 Å². The van der Waals surface area contributed by atoms with Crippen molar-refractivity contribution in [3.05, 3.63) is 53.9 Å². The fraction of sp³-hybridized carbons (Fsp3) is 0.150. The van der Waals surface area contributed by atoms with E-state index in [0.29, 0.717) is 10.9 Å². The van der Waals surface area contributed by atoms with Crippen molar-refractivity contribution >= 4 is 45.7 Å². The van der Waals surface area contributed by atoms with Crippen molar-refractivity contribution in [2.24, 2.45) is 0 Å². The van der Waals surface area contributed by atoms with E-state index < -0.39 is 0 Å². The van der Waals surface area contributed by atoms with Crippen molar-refractivity contribution in [2.75, 3.05) is 23.5 Å². The molecule has 0 spiro atoms. The van der Waals surface area contributed by atoms with E-state index in [0.717, 1.165) is 27.6 Å². The predicted octanol–water partition coefficient (Wildman–Crippen LogP) is 4.51. The topological polar surface area (TPSA) is 80.3 Å². The van der Waals surface area contributed by atoms with E-state index in [9.17, 15) is 9.59 Å². The smallest absolute Gasteiger partial charge is 0.236 e. The molecule has 3 rings (SSSR count). The molecule has 8 heteroatoms. The van der Waals surface area contributed by atoms with Crippen LogP contribution < -0.4 is 15.4 Å². The highest BCUT2D eigenvalue weighted by molar-refractivity contribution is 8.00. The summed E-state index contributed by atoms with van der Waals surface area (Å²) in [5, 5.41) is 8.00. The molecule has 0 aliphatic carbocycles. The summed E-state index contributed by atoms with van der Waals surface area (Å²) < 4.78 is 5.12. The Morgan fingerprint density at radius 2 is 1.79 bits per heavy atom. The Labute approximate surface area is 171 Å². The second-order valence-electron chi connectivity index (χ2n) is 5.81. The maximum Gasteiger partial charge on any atom is 0.236 e. The molecule has 1 aromatic heterocycles. The number of benzene rings is 2. The summed E-state index contributed by atoms with van der Waals surface area (Å²) in [6.45, 7) is 1.47. The average molecular weight is 414 g/mol. The van der Waals surface area contributed by atoms with Crippen molar-refractivity contribution in [2.45, 2.75) is 11.8 Å². The number of hydrogen-bond donors (Lipinski definition) is 2. The standard InChI is InChI=1S/C20H19N3O3S2/c1-13(24)21-15-5-3-14(4-6-15)18-11-28-20(22-18)23-19(25)12-27-17-9-7-16(26-2)8-10-17/h3-11H,12H2,1-2H3,(H,21,24)(H,22,23,25). The third-order valence-corrected chi connectivity index (χ3v) is 5.45. The Bertz CT molecular complexity index is 954. The van der Waals surface area contributed by atoms with Gasteiger partial charge in [0.1, 0.15) is 5.75 Å². The van der Waals surface area contributed by atoms with Gasteiger partial charge in [0.05, 0.1) is 18.6 Å². The fourth-order valence-corrected chi connectivity index (χ4v) is 3.80. The molecule has 0 fully saturated rings. The molecule has 2 N–H and O–H groups in total. The molecule has 0 aliphatic heterocycles. The van der Waals surface area contributed by atoms with Gasteiger partial charge >= 0.3 is 0 Å². The molecule has 1 heterocycles. The van der Waals surface area contributed by atoms with Gasteiger partial charge < -0.3 is 15.4 Å². The Morgan fingerprint density at radius 1 is 1.07 bits per heavy atom. The number of carbonyl (C=O) groups excluding carboxylic acids is 2. The molecule has 0 aliphatic rings. The molecule has 0 radical (unpaired) electrons. The number of aromatic nitrogens is 1. The van der Waals surface area contributed by atoms with Crippen LogP contribution in [0.15, 0.2) is 58.8 Å². The quantitative estimate of drug-likeness (QED) is 0.557. The van der Waals surface area contributed by atoms with Gasteiger partial charge in [0, 0.05) is 28.5 Å². The van der Waals surface area contributed by atoms with Gasteiger partial charge in [-0.3, -0.25) is 9.59 Å². The molecular weight excluding hydrogens is 394 g/mol. The summed E-state index contributed by atoms with van der Waals surface area (Å²) in [5.41, 5.74) is 2.42. The lowest BCUT2D eigenvalue weighted by molar-refractivity contribution is -0.114. The summed E-state index contributed by atoms with van der Waals surface area (Å²) in [7, 11) is 1.62. The van der Waals surface area contributed by atoms with E-state index in [4.69, 9.17) is 4.74 Å². The zero-order chi connectivity index (χ0) is 19.9. The lowest BCUT2D eigenvalue weighted by Gasteiger charge is -2.04. The van der Waals surface area contributed by atoms with Gasteiger partial charge in [-0.25, -0.2) is 4.98 Å². The van der Waals surface area contributed by atoms with Crippen LogP contribution in [0.3, 0.4) is 0 Å². The molecule has 0 saturated carbocycles. The van der Waals surface area contributed by atoms with E-state index in [1.807, 2.05) is 53.9 Å². The molecule has 144 valence electrons. The number of ether oxygens (including phenoxy) is 1. The number of methoxy groups -OCH3 is 1. The minimum absolute atomic E-state index is 0.109. The number of rotatable bonds is 7. The second-order valence-corrected chi connectivity index (χ2v) is 7.72. The van der Waals surface area contributed by atoms with Crippen LogP contribution in [0.25, 0.3) is 11.3 Å². The Balaban J connectivity index is 1.54. The number of thioether (sulfide) groups is 1.